The van der Waals surface area contributed by atoms with E-state index in [1.165, 1.54) is 0 Å². The van der Waals surface area contributed by atoms with Gasteiger partial charge in [0.25, 0.3) is 11.1 Å². The van der Waals surface area contributed by atoms with E-state index in [0.717, 1.165) is 5.56 Å². The number of hydrogen-bond donors (Lipinski definition) is 3. The molecule has 0 saturated heterocycles. The van der Waals surface area contributed by atoms with Crippen molar-refractivity contribution in [3.05, 3.63) is 23.8 Å². The molecule has 0 bridgehead atoms. The number of carbonyl (C=O) groups excluding carboxylic acids is 2. The van der Waals surface area contributed by atoms with Crippen LogP contribution in [-0.4, -0.2) is 17.3 Å². The Morgan fingerprint density at radius 3 is 3.06 bits per heavy atom. The summed E-state index contributed by atoms with van der Waals surface area (Å²) in [5, 5.41) is 4.91. The summed E-state index contributed by atoms with van der Waals surface area (Å²) >= 11 is 3.61. The van der Waals surface area contributed by atoms with Gasteiger partial charge < -0.3 is 15.4 Å². The summed E-state index contributed by atoms with van der Waals surface area (Å²) in [4.78, 5) is 22.1. The zero-order valence-corrected chi connectivity index (χ0v) is 10.1. The Morgan fingerprint density at radius 1 is 1.59 bits per heavy atom. The van der Waals surface area contributed by atoms with Gasteiger partial charge in [0.2, 0.25) is 0 Å². The second-order valence-corrected chi connectivity index (χ2v) is 4.14. The highest BCUT2D eigenvalue weighted by atomic mass is 32.1. The number of benzene rings is 1. The van der Waals surface area contributed by atoms with Gasteiger partial charge in [-0.3, -0.25) is 9.59 Å². The van der Waals surface area contributed by atoms with E-state index < -0.39 is 11.3 Å². The Bertz CT molecular complexity index is 476. The molecule has 17 heavy (non-hydrogen) atoms. The number of thiol groups is 1. The molecule has 1 aromatic rings. The van der Waals surface area contributed by atoms with Gasteiger partial charge in [-0.15, -0.1) is 0 Å². The van der Waals surface area contributed by atoms with E-state index in [4.69, 9.17) is 4.74 Å². The predicted molar refractivity (Wildman–Crippen MR) is 66.4 cm³/mol. The second kappa shape index (κ2) is 4.67. The largest absolute Gasteiger partial charge is 0.479 e. The first-order valence-electron chi connectivity index (χ1n) is 5.13. The van der Waals surface area contributed by atoms with Crippen LogP contribution in [0.2, 0.25) is 0 Å². The van der Waals surface area contributed by atoms with E-state index in [2.05, 4.69) is 23.3 Å². The third-order valence-electron chi connectivity index (χ3n) is 2.42. The molecule has 1 unspecified atom stereocenters. The highest BCUT2D eigenvalue weighted by Gasteiger charge is 2.23. The number of hydrogen-bond acceptors (Lipinski definition) is 3. The average Bonchev–Trinajstić information content (AvgIpc) is 2.28. The molecule has 0 fully saturated rings. The number of carbonyl (C=O) groups is 2. The summed E-state index contributed by atoms with van der Waals surface area (Å²) in [6.45, 7) is 2.05. The van der Waals surface area contributed by atoms with E-state index in [0.29, 0.717) is 18.0 Å². The smallest absolute Gasteiger partial charge is 0.276 e. The minimum absolute atomic E-state index is 0.173. The lowest BCUT2D eigenvalue weighted by molar-refractivity contribution is -0.122. The van der Waals surface area contributed by atoms with Gasteiger partial charge in [-0.2, -0.15) is 0 Å². The molecule has 1 aromatic carbocycles. The fourth-order valence-corrected chi connectivity index (χ4v) is 1.62. The zero-order chi connectivity index (χ0) is 12.4. The zero-order valence-electron chi connectivity index (χ0n) is 9.19. The van der Waals surface area contributed by atoms with Crippen LogP contribution in [0.25, 0.3) is 0 Å². The van der Waals surface area contributed by atoms with E-state index >= 15 is 0 Å². The van der Waals surface area contributed by atoms with E-state index in [1.54, 1.807) is 19.1 Å². The summed E-state index contributed by atoms with van der Waals surface area (Å²) < 4.78 is 5.41. The van der Waals surface area contributed by atoms with Gasteiger partial charge in [0.05, 0.1) is 5.69 Å². The first-order valence-corrected chi connectivity index (χ1v) is 5.58. The topological polar surface area (TPSA) is 67.4 Å². The van der Waals surface area contributed by atoms with Crippen LogP contribution in [0.5, 0.6) is 5.75 Å². The number of fused-ring (bicyclic) bond motifs is 1. The first kappa shape index (κ1) is 11.8. The van der Waals surface area contributed by atoms with Crippen molar-refractivity contribution >= 4 is 29.5 Å². The van der Waals surface area contributed by atoms with Gasteiger partial charge >= 0.3 is 0 Å². The molecule has 0 aromatic heterocycles. The number of amides is 2. The Morgan fingerprint density at radius 2 is 2.35 bits per heavy atom. The normalized spacial score (nSPS) is 17.8. The third-order valence-corrected chi connectivity index (χ3v) is 2.58. The van der Waals surface area contributed by atoms with Gasteiger partial charge in [-0.1, -0.05) is 18.7 Å². The minimum atomic E-state index is -0.481. The van der Waals surface area contributed by atoms with Crippen molar-refractivity contribution in [2.24, 2.45) is 0 Å². The van der Waals surface area contributed by atoms with Gasteiger partial charge in [0.15, 0.2) is 6.10 Å². The quantitative estimate of drug-likeness (QED) is 0.699. The third kappa shape index (κ3) is 2.71. The molecule has 0 saturated carbocycles. The molecule has 1 atom stereocenters. The van der Waals surface area contributed by atoms with Gasteiger partial charge in [0, 0.05) is 6.54 Å². The van der Waals surface area contributed by atoms with Crippen molar-refractivity contribution in [2.75, 3.05) is 5.32 Å². The monoisotopic (exact) mass is 252 g/mol. The summed E-state index contributed by atoms with van der Waals surface area (Å²) in [6, 6.07) is 5.36. The van der Waals surface area contributed by atoms with Crippen LogP contribution in [-0.2, 0) is 11.3 Å². The number of ether oxygens (including phenoxy) is 1. The molecule has 1 heterocycles. The lowest BCUT2D eigenvalue weighted by Crippen LogP contribution is -2.34. The number of rotatable bonds is 2. The molecule has 2 N–H and O–H groups in total. The molecule has 0 radical (unpaired) electrons. The van der Waals surface area contributed by atoms with Gasteiger partial charge in [0.1, 0.15) is 5.75 Å². The van der Waals surface area contributed by atoms with Crippen LogP contribution in [0.4, 0.5) is 10.5 Å². The van der Waals surface area contributed by atoms with Crippen molar-refractivity contribution < 1.29 is 14.3 Å². The molecular weight excluding hydrogens is 240 g/mol. The van der Waals surface area contributed by atoms with Crippen LogP contribution in [0.15, 0.2) is 18.2 Å². The summed E-state index contributed by atoms with van der Waals surface area (Å²) in [5.74, 6) is 0.464. The highest BCUT2D eigenvalue weighted by Crippen LogP contribution is 2.30. The van der Waals surface area contributed by atoms with Crippen LogP contribution < -0.4 is 15.4 Å². The lowest BCUT2D eigenvalue weighted by atomic mass is 10.1. The molecule has 2 amide bonds. The number of anilines is 1. The van der Waals surface area contributed by atoms with Crippen LogP contribution in [0.3, 0.4) is 0 Å². The molecule has 1 aliphatic rings. The fraction of sp³-hybridized carbons (Fsp3) is 0.273. The Balaban J connectivity index is 2.17. The van der Waals surface area contributed by atoms with Crippen molar-refractivity contribution in [3.8, 4) is 5.75 Å². The average molecular weight is 252 g/mol. The standard InChI is InChI=1S/C11H12N2O3S/c1-6-10(14)13-8-4-7(5-12-11(15)17)2-3-9(8)16-6/h2-4,6H,5H2,1H3,(H,13,14)(H2,12,15,17). The Kier molecular flexibility index (Phi) is 3.23. The van der Waals surface area contributed by atoms with Gasteiger partial charge in [-0.25, -0.2) is 0 Å². The molecule has 0 spiro atoms. The van der Waals surface area contributed by atoms with E-state index in [-0.39, 0.29) is 5.91 Å². The maximum Gasteiger partial charge on any atom is 0.276 e. The number of nitrogens with one attached hydrogen (secondary N) is 2. The fourth-order valence-electron chi connectivity index (χ4n) is 1.54. The summed E-state index contributed by atoms with van der Waals surface area (Å²) in [6.07, 6.45) is -0.481. The SMILES string of the molecule is CC1Oc2ccc(CNC(=O)S)cc2NC1=O. The summed E-state index contributed by atoms with van der Waals surface area (Å²) in [5.41, 5.74) is 1.49. The molecule has 5 nitrogen and oxygen atoms in total. The van der Waals surface area contributed by atoms with Crippen molar-refractivity contribution in [3.63, 3.8) is 0 Å². The van der Waals surface area contributed by atoms with E-state index in [9.17, 15) is 9.59 Å². The molecular formula is C11H12N2O3S. The van der Waals surface area contributed by atoms with Crippen LogP contribution in [0.1, 0.15) is 12.5 Å². The maximum atomic E-state index is 11.4. The van der Waals surface area contributed by atoms with Crippen molar-refractivity contribution in [1.29, 1.82) is 0 Å². The molecule has 6 heteroatoms. The van der Waals surface area contributed by atoms with E-state index in [1.807, 2.05) is 6.07 Å². The lowest BCUT2D eigenvalue weighted by Gasteiger charge is -2.23. The Hall–Kier alpha value is -1.69. The first-order chi connectivity index (χ1) is 8.06. The van der Waals surface area contributed by atoms with Gasteiger partial charge in [-0.05, 0) is 24.6 Å². The Labute approximate surface area is 104 Å². The second-order valence-electron chi connectivity index (χ2n) is 3.74. The molecule has 2 rings (SSSR count). The minimum Gasteiger partial charge on any atom is -0.479 e. The highest BCUT2D eigenvalue weighted by molar-refractivity contribution is 7.96. The molecule has 90 valence electrons. The van der Waals surface area contributed by atoms with Crippen molar-refractivity contribution in [1.82, 2.24) is 5.32 Å². The van der Waals surface area contributed by atoms with Crippen molar-refractivity contribution in [2.45, 2.75) is 19.6 Å². The maximum absolute atomic E-state index is 11.4. The molecule has 0 aliphatic carbocycles. The molecule has 1 aliphatic heterocycles. The van der Waals surface area contributed by atoms with Crippen LogP contribution >= 0.6 is 12.6 Å². The van der Waals surface area contributed by atoms with Crippen LogP contribution in [0, 0.1) is 0 Å². The predicted octanol–water partition coefficient (Wildman–Crippen LogP) is 1.55. The summed E-state index contributed by atoms with van der Waals surface area (Å²) in [7, 11) is 0.